The topological polar surface area (TPSA) is 49.4 Å². The second kappa shape index (κ2) is 5.52. The van der Waals surface area contributed by atoms with Gasteiger partial charge in [0, 0.05) is 18.2 Å². The maximum atomic E-state index is 12.7. The Morgan fingerprint density at radius 2 is 2.04 bits per heavy atom. The molecule has 4 atom stereocenters. The molecule has 3 aliphatic rings. The van der Waals surface area contributed by atoms with E-state index in [4.69, 9.17) is 0 Å². The molecule has 0 aromatic heterocycles. The molecule has 0 radical (unpaired) electrons. The molecular formula is C19H22N2O2. The zero-order valence-electron chi connectivity index (χ0n) is 13.4. The highest BCUT2D eigenvalue weighted by molar-refractivity contribution is 6.00. The van der Waals surface area contributed by atoms with Crippen molar-refractivity contribution in [1.29, 1.82) is 0 Å². The molecule has 0 spiro atoms. The van der Waals surface area contributed by atoms with Crippen LogP contribution in [0.3, 0.4) is 0 Å². The molecule has 0 unspecified atom stereocenters. The van der Waals surface area contributed by atoms with Crippen molar-refractivity contribution in [3.63, 3.8) is 0 Å². The third-order valence-corrected chi connectivity index (χ3v) is 5.50. The van der Waals surface area contributed by atoms with Crippen LogP contribution in [0.2, 0.25) is 0 Å². The van der Waals surface area contributed by atoms with Crippen LogP contribution in [-0.4, -0.2) is 24.4 Å². The van der Waals surface area contributed by atoms with Gasteiger partial charge in [0.1, 0.15) is 6.04 Å². The minimum absolute atomic E-state index is 0.0120. The van der Waals surface area contributed by atoms with Crippen molar-refractivity contribution >= 4 is 17.5 Å². The van der Waals surface area contributed by atoms with Crippen LogP contribution in [0.1, 0.15) is 25.3 Å². The SMILES string of the molecule is C[C@H](NC(=O)[C@@H]1C[C@H]2C=C[C@H]1C2)C(=O)N1CCc2ccccc21. The summed E-state index contributed by atoms with van der Waals surface area (Å²) < 4.78 is 0. The van der Waals surface area contributed by atoms with E-state index < -0.39 is 6.04 Å². The van der Waals surface area contributed by atoms with E-state index >= 15 is 0 Å². The normalized spacial score (nSPS) is 28.7. The third-order valence-electron chi connectivity index (χ3n) is 5.50. The van der Waals surface area contributed by atoms with Crippen LogP contribution in [0.4, 0.5) is 5.69 Å². The summed E-state index contributed by atoms with van der Waals surface area (Å²) in [5.41, 5.74) is 2.19. The molecule has 0 saturated heterocycles. The maximum Gasteiger partial charge on any atom is 0.249 e. The van der Waals surface area contributed by atoms with Gasteiger partial charge in [-0.2, -0.15) is 0 Å². The Hall–Kier alpha value is -2.10. The summed E-state index contributed by atoms with van der Waals surface area (Å²) >= 11 is 0. The molecule has 2 amide bonds. The maximum absolute atomic E-state index is 12.7. The molecular weight excluding hydrogens is 288 g/mol. The van der Waals surface area contributed by atoms with Gasteiger partial charge in [0.2, 0.25) is 11.8 Å². The monoisotopic (exact) mass is 310 g/mol. The van der Waals surface area contributed by atoms with Crippen molar-refractivity contribution in [3.8, 4) is 0 Å². The quantitative estimate of drug-likeness (QED) is 0.871. The zero-order valence-corrected chi connectivity index (χ0v) is 13.4. The molecule has 1 aromatic rings. The Labute approximate surface area is 136 Å². The molecule has 1 N–H and O–H groups in total. The summed E-state index contributed by atoms with van der Waals surface area (Å²) in [6, 6.07) is 7.52. The predicted molar refractivity (Wildman–Crippen MR) is 88.9 cm³/mol. The van der Waals surface area contributed by atoms with Gasteiger partial charge in [-0.15, -0.1) is 0 Å². The van der Waals surface area contributed by atoms with Crippen molar-refractivity contribution < 1.29 is 9.59 Å². The lowest BCUT2D eigenvalue weighted by Gasteiger charge is -2.25. The van der Waals surface area contributed by atoms with E-state index in [0.29, 0.717) is 18.4 Å². The van der Waals surface area contributed by atoms with E-state index in [9.17, 15) is 9.59 Å². The number of carbonyl (C=O) groups excluding carboxylic acids is 2. The number of anilines is 1. The summed E-state index contributed by atoms with van der Waals surface area (Å²) in [6.45, 7) is 2.50. The summed E-state index contributed by atoms with van der Waals surface area (Å²) in [5.74, 6) is 1.00. The smallest absolute Gasteiger partial charge is 0.249 e. The number of rotatable bonds is 3. The number of benzene rings is 1. The first kappa shape index (κ1) is 14.5. The van der Waals surface area contributed by atoms with Crippen molar-refractivity contribution in [1.82, 2.24) is 5.32 Å². The van der Waals surface area contributed by atoms with Gasteiger partial charge in [-0.25, -0.2) is 0 Å². The lowest BCUT2D eigenvalue weighted by Crippen LogP contribution is -2.48. The van der Waals surface area contributed by atoms with Gasteiger partial charge in [-0.05, 0) is 49.7 Å². The number of carbonyl (C=O) groups is 2. The van der Waals surface area contributed by atoms with Crippen LogP contribution in [-0.2, 0) is 16.0 Å². The summed E-state index contributed by atoms with van der Waals surface area (Å²) in [4.78, 5) is 27.0. The van der Waals surface area contributed by atoms with Crippen LogP contribution < -0.4 is 10.2 Å². The number of hydrogen-bond donors (Lipinski definition) is 1. The van der Waals surface area contributed by atoms with Crippen molar-refractivity contribution in [2.24, 2.45) is 17.8 Å². The van der Waals surface area contributed by atoms with Gasteiger partial charge < -0.3 is 10.2 Å². The number of amides is 2. The first-order chi connectivity index (χ1) is 11.1. The van der Waals surface area contributed by atoms with Gasteiger partial charge in [0.05, 0.1) is 0 Å². The van der Waals surface area contributed by atoms with E-state index in [0.717, 1.165) is 24.9 Å². The van der Waals surface area contributed by atoms with Gasteiger partial charge >= 0.3 is 0 Å². The highest BCUT2D eigenvalue weighted by Gasteiger charge is 2.40. The van der Waals surface area contributed by atoms with Crippen LogP contribution in [0.15, 0.2) is 36.4 Å². The number of allylic oxidation sites excluding steroid dienone is 2. The Kier molecular flexibility index (Phi) is 3.47. The van der Waals surface area contributed by atoms with Crippen LogP contribution in [0.25, 0.3) is 0 Å². The molecule has 23 heavy (non-hydrogen) atoms. The van der Waals surface area contributed by atoms with Crippen molar-refractivity contribution in [2.75, 3.05) is 11.4 Å². The zero-order chi connectivity index (χ0) is 16.0. The number of hydrogen-bond acceptors (Lipinski definition) is 2. The highest BCUT2D eigenvalue weighted by atomic mass is 16.2. The molecule has 4 rings (SSSR count). The largest absolute Gasteiger partial charge is 0.344 e. The number of fused-ring (bicyclic) bond motifs is 3. The lowest BCUT2D eigenvalue weighted by molar-refractivity contribution is -0.130. The summed E-state index contributed by atoms with van der Waals surface area (Å²) in [5, 5.41) is 2.95. The predicted octanol–water partition coefficient (Wildman–Crippen LogP) is 2.29. The molecule has 1 aromatic carbocycles. The number of nitrogens with zero attached hydrogens (tertiary/aromatic N) is 1. The molecule has 1 saturated carbocycles. The van der Waals surface area contributed by atoms with Crippen molar-refractivity contribution in [3.05, 3.63) is 42.0 Å². The molecule has 1 fully saturated rings. The first-order valence-electron chi connectivity index (χ1n) is 8.51. The second-order valence-corrected chi connectivity index (χ2v) is 6.99. The Bertz CT molecular complexity index is 682. The molecule has 4 nitrogen and oxygen atoms in total. The standard InChI is InChI=1S/C19H22N2O2/c1-12(20-18(22)16-11-13-6-7-15(16)10-13)19(23)21-9-8-14-4-2-3-5-17(14)21/h2-7,12-13,15-16H,8-11H2,1H3,(H,20,22)/t12-,13-,15-,16+/m0/s1. The average Bonchev–Trinajstić information content (AvgIpc) is 3.28. The van der Waals surface area contributed by atoms with E-state index in [1.807, 2.05) is 18.2 Å². The van der Waals surface area contributed by atoms with Gasteiger partial charge in [-0.1, -0.05) is 30.4 Å². The molecule has 120 valence electrons. The molecule has 1 heterocycles. The minimum atomic E-state index is -0.475. The van der Waals surface area contributed by atoms with E-state index in [1.165, 1.54) is 5.56 Å². The fraction of sp³-hybridized carbons (Fsp3) is 0.474. The van der Waals surface area contributed by atoms with Crippen molar-refractivity contribution in [2.45, 2.75) is 32.2 Å². The van der Waals surface area contributed by atoms with Crippen LogP contribution in [0.5, 0.6) is 0 Å². The second-order valence-electron chi connectivity index (χ2n) is 6.99. The number of nitrogens with one attached hydrogen (secondary N) is 1. The Morgan fingerprint density at radius 3 is 2.78 bits per heavy atom. The molecule has 2 aliphatic carbocycles. The van der Waals surface area contributed by atoms with E-state index in [1.54, 1.807) is 11.8 Å². The average molecular weight is 310 g/mol. The van der Waals surface area contributed by atoms with Crippen LogP contribution >= 0.6 is 0 Å². The Balaban J connectivity index is 1.41. The minimum Gasteiger partial charge on any atom is -0.344 e. The van der Waals surface area contributed by atoms with Gasteiger partial charge in [-0.3, -0.25) is 9.59 Å². The Morgan fingerprint density at radius 1 is 1.22 bits per heavy atom. The fourth-order valence-corrected chi connectivity index (χ4v) is 4.27. The summed E-state index contributed by atoms with van der Waals surface area (Å²) in [6.07, 6.45) is 7.31. The number of para-hydroxylation sites is 1. The van der Waals surface area contributed by atoms with Gasteiger partial charge in [0.15, 0.2) is 0 Å². The van der Waals surface area contributed by atoms with Crippen LogP contribution in [0, 0.1) is 17.8 Å². The third kappa shape index (κ3) is 2.46. The van der Waals surface area contributed by atoms with E-state index in [2.05, 4.69) is 23.5 Å². The summed E-state index contributed by atoms with van der Waals surface area (Å²) in [7, 11) is 0. The first-order valence-corrected chi connectivity index (χ1v) is 8.51. The lowest BCUT2D eigenvalue weighted by atomic mass is 9.92. The molecule has 2 bridgehead atoms. The fourth-order valence-electron chi connectivity index (χ4n) is 4.27. The van der Waals surface area contributed by atoms with E-state index in [-0.39, 0.29) is 17.7 Å². The molecule has 1 aliphatic heterocycles. The highest BCUT2D eigenvalue weighted by Crippen LogP contribution is 2.43. The van der Waals surface area contributed by atoms with Gasteiger partial charge in [0.25, 0.3) is 0 Å². The molecule has 4 heteroatoms.